The third-order valence-corrected chi connectivity index (χ3v) is 8.42. The van der Waals surface area contributed by atoms with Crippen LogP contribution in [0.4, 0.5) is 0 Å². The van der Waals surface area contributed by atoms with Crippen molar-refractivity contribution in [2.45, 2.75) is 90.5 Å². The molecule has 0 atom stereocenters. The molecule has 4 rings (SSSR count). The number of imidazole rings is 1. The van der Waals surface area contributed by atoms with Gasteiger partial charge in [-0.1, -0.05) is 69.7 Å². The van der Waals surface area contributed by atoms with E-state index in [-0.39, 0.29) is 11.2 Å². The van der Waals surface area contributed by atoms with Gasteiger partial charge in [0.2, 0.25) is 0 Å². The Labute approximate surface area is 202 Å². The number of fused-ring (bicyclic) bond motifs is 1. The lowest BCUT2D eigenvalue weighted by Crippen LogP contribution is -2.40. The second-order valence-corrected chi connectivity index (χ2v) is 16.3. The molecule has 1 aliphatic rings. The van der Waals surface area contributed by atoms with Gasteiger partial charge in [0.1, 0.15) is 12.6 Å². The molecular formula is C26H38N4O3Si. The molecule has 184 valence electrons. The fourth-order valence-electron chi connectivity index (χ4n) is 4.80. The highest BCUT2D eigenvalue weighted by molar-refractivity contribution is 6.76. The van der Waals surface area contributed by atoms with Crippen molar-refractivity contribution in [3.05, 3.63) is 62.6 Å². The zero-order valence-corrected chi connectivity index (χ0v) is 22.0. The van der Waals surface area contributed by atoms with Crippen LogP contribution in [-0.2, 0) is 24.6 Å². The second kappa shape index (κ2) is 10.4. The molecule has 7 nitrogen and oxygen atoms in total. The first kappa shape index (κ1) is 24.7. The molecule has 1 saturated carbocycles. The van der Waals surface area contributed by atoms with Crippen LogP contribution in [0.1, 0.15) is 56.3 Å². The zero-order valence-electron chi connectivity index (χ0n) is 21.0. The Kier molecular flexibility index (Phi) is 7.57. The van der Waals surface area contributed by atoms with Gasteiger partial charge in [-0.2, -0.15) is 0 Å². The molecule has 1 fully saturated rings. The van der Waals surface area contributed by atoms with Crippen LogP contribution in [-0.4, -0.2) is 33.4 Å². The molecule has 2 aromatic heterocycles. The molecule has 0 saturated heterocycles. The Bertz CT molecular complexity index is 1230. The van der Waals surface area contributed by atoms with Crippen molar-refractivity contribution in [1.29, 1.82) is 0 Å². The summed E-state index contributed by atoms with van der Waals surface area (Å²) in [6, 6.07) is 11.0. The van der Waals surface area contributed by atoms with Crippen molar-refractivity contribution in [2.24, 2.45) is 0 Å². The maximum absolute atomic E-state index is 13.6. The Balaban J connectivity index is 1.86. The van der Waals surface area contributed by atoms with Crippen molar-refractivity contribution >= 4 is 19.2 Å². The standard InChI is InChI=1S/C26H38N4O3Si/c1-5-15-28-25(31)22-24(29(26(28)32)18-20-11-7-6-8-12-20)27-23(21-13-9-10-14-21)30(22)19-33-16-17-34(2,3)4/h6-8,11-12,21H,5,9-10,13-19H2,1-4H3. The van der Waals surface area contributed by atoms with Crippen LogP contribution in [0.15, 0.2) is 39.9 Å². The highest BCUT2D eigenvalue weighted by Gasteiger charge is 2.28. The molecule has 3 aromatic rings. The smallest absolute Gasteiger partial charge is 0.333 e. The first-order chi connectivity index (χ1) is 16.3. The normalized spacial score (nSPS) is 14.9. The first-order valence-corrected chi connectivity index (χ1v) is 16.4. The predicted molar refractivity (Wildman–Crippen MR) is 139 cm³/mol. The topological polar surface area (TPSA) is 71.0 Å². The fourth-order valence-corrected chi connectivity index (χ4v) is 5.55. The summed E-state index contributed by atoms with van der Waals surface area (Å²) in [7, 11) is -1.22. The summed E-state index contributed by atoms with van der Waals surface area (Å²) in [6.07, 6.45) is 5.17. The number of hydrogen-bond donors (Lipinski definition) is 0. The third-order valence-electron chi connectivity index (χ3n) is 6.71. The fraction of sp³-hybridized carbons (Fsp3) is 0.577. The van der Waals surface area contributed by atoms with E-state index in [0.29, 0.717) is 49.9 Å². The molecule has 0 spiro atoms. The Hall–Kier alpha value is -2.45. The van der Waals surface area contributed by atoms with Gasteiger partial charge in [-0.25, -0.2) is 9.78 Å². The van der Waals surface area contributed by atoms with Gasteiger partial charge in [0.05, 0.1) is 6.54 Å². The maximum Gasteiger partial charge on any atom is 0.333 e. The van der Waals surface area contributed by atoms with E-state index in [2.05, 4.69) is 19.6 Å². The molecule has 0 amide bonds. The lowest BCUT2D eigenvalue weighted by atomic mass is 10.1. The molecule has 1 aliphatic carbocycles. The lowest BCUT2D eigenvalue weighted by molar-refractivity contribution is 0.0869. The summed E-state index contributed by atoms with van der Waals surface area (Å²) < 4.78 is 11.2. The summed E-state index contributed by atoms with van der Waals surface area (Å²) in [5, 5.41) is 0. The average Bonchev–Trinajstić information content (AvgIpc) is 3.45. The largest absolute Gasteiger partial charge is 0.361 e. The summed E-state index contributed by atoms with van der Waals surface area (Å²) in [4.78, 5) is 32.1. The van der Waals surface area contributed by atoms with E-state index < -0.39 is 8.07 Å². The monoisotopic (exact) mass is 482 g/mol. The average molecular weight is 483 g/mol. The number of benzene rings is 1. The molecule has 34 heavy (non-hydrogen) atoms. The van der Waals surface area contributed by atoms with Gasteiger partial charge in [-0.3, -0.25) is 18.5 Å². The number of rotatable bonds is 10. The van der Waals surface area contributed by atoms with Gasteiger partial charge < -0.3 is 4.74 Å². The van der Waals surface area contributed by atoms with E-state index in [1.807, 2.05) is 41.8 Å². The summed E-state index contributed by atoms with van der Waals surface area (Å²) in [5.74, 6) is 1.19. The SMILES string of the molecule is CCCn1c(=O)c2c(nc(C3CCCC3)n2COCC[Si](C)(C)C)n(Cc2ccccc2)c1=O. The van der Waals surface area contributed by atoms with Crippen LogP contribution < -0.4 is 11.2 Å². The second-order valence-electron chi connectivity index (χ2n) is 10.7. The molecule has 2 heterocycles. The number of hydrogen-bond acceptors (Lipinski definition) is 4. The van der Waals surface area contributed by atoms with Gasteiger partial charge in [-0.05, 0) is 30.9 Å². The zero-order chi connectivity index (χ0) is 24.3. The van der Waals surface area contributed by atoms with E-state index in [1.165, 1.54) is 17.4 Å². The van der Waals surface area contributed by atoms with Gasteiger partial charge in [0.15, 0.2) is 11.2 Å². The minimum Gasteiger partial charge on any atom is -0.361 e. The summed E-state index contributed by atoms with van der Waals surface area (Å²) in [6.45, 7) is 10.7. The third kappa shape index (κ3) is 5.28. The van der Waals surface area contributed by atoms with Crippen molar-refractivity contribution in [3.63, 3.8) is 0 Å². The Morgan fingerprint density at radius 3 is 2.38 bits per heavy atom. The maximum atomic E-state index is 13.6. The highest BCUT2D eigenvalue weighted by atomic mass is 28.3. The van der Waals surface area contributed by atoms with Crippen LogP contribution in [0.5, 0.6) is 0 Å². The quantitative estimate of drug-likeness (QED) is 0.308. The minimum absolute atomic E-state index is 0.253. The van der Waals surface area contributed by atoms with E-state index in [9.17, 15) is 9.59 Å². The number of aromatic nitrogens is 4. The van der Waals surface area contributed by atoms with Crippen LogP contribution in [0.2, 0.25) is 25.7 Å². The van der Waals surface area contributed by atoms with E-state index in [0.717, 1.165) is 30.3 Å². The number of ether oxygens (including phenoxy) is 1. The summed E-state index contributed by atoms with van der Waals surface area (Å²) >= 11 is 0. The lowest BCUT2D eigenvalue weighted by Gasteiger charge is -2.17. The molecule has 0 unspecified atom stereocenters. The Morgan fingerprint density at radius 1 is 1.03 bits per heavy atom. The summed E-state index contributed by atoms with van der Waals surface area (Å²) in [5.41, 5.74) is 1.46. The van der Waals surface area contributed by atoms with Crippen molar-refractivity contribution in [3.8, 4) is 0 Å². The van der Waals surface area contributed by atoms with Crippen molar-refractivity contribution < 1.29 is 4.74 Å². The van der Waals surface area contributed by atoms with Gasteiger partial charge in [-0.15, -0.1) is 0 Å². The minimum atomic E-state index is -1.22. The number of nitrogens with zero attached hydrogens (tertiary/aromatic N) is 4. The van der Waals surface area contributed by atoms with Crippen LogP contribution in [0.3, 0.4) is 0 Å². The molecule has 0 aliphatic heterocycles. The molecule has 1 aromatic carbocycles. The van der Waals surface area contributed by atoms with Gasteiger partial charge >= 0.3 is 5.69 Å². The van der Waals surface area contributed by atoms with Crippen LogP contribution in [0, 0.1) is 0 Å². The molecule has 8 heteroatoms. The Morgan fingerprint density at radius 2 is 1.74 bits per heavy atom. The molecule has 0 bridgehead atoms. The van der Waals surface area contributed by atoms with Crippen molar-refractivity contribution in [2.75, 3.05) is 6.61 Å². The van der Waals surface area contributed by atoms with E-state index in [4.69, 9.17) is 9.72 Å². The van der Waals surface area contributed by atoms with Crippen molar-refractivity contribution in [1.82, 2.24) is 18.7 Å². The van der Waals surface area contributed by atoms with E-state index in [1.54, 1.807) is 4.57 Å². The predicted octanol–water partition coefficient (Wildman–Crippen LogP) is 4.79. The van der Waals surface area contributed by atoms with Gasteiger partial charge in [0.25, 0.3) is 5.56 Å². The van der Waals surface area contributed by atoms with Crippen LogP contribution in [0.25, 0.3) is 11.2 Å². The van der Waals surface area contributed by atoms with Crippen LogP contribution >= 0.6 is 0 Å². The molecule has 0 radical (unpaired) electrons. The van der Waals surface area contributed by atoms with Gasteiger partial charge in [0, 0.05) is 27.1 Å². The first-order valence-electron chi connectivity index (χ1n) is 12.7. The van der Waals surface area contributed by atoms with E-state index >= 15 is 0 Å². The molecular weight excluding hydrogens is 444 g/mol. The highest BCUT2D eigenvalue weighted by Crippen LogP contribution is 2.34. The molecule has 0 N–H and O–H groups in total.